The maximum atomic E-state index is 12.6. The number of carbonyl (C=O) groups excluding carboxylic acids is 1. The van der Waals surface area contributed by atoms with Crippen LogP contribution in [0.1, 0.15) is 15.9 Å². The number of amides is 1. The number of phenols is 1. The summed E-state index contributed by atoms with van der Waals surface area (Å²) in [7, 11) is 0. The lowest BCUT2D eigenvalue weighted by Gasteiger charge is -2.05. The molecule has 0 atom stereocenters. The third-order valence-electron chi connectivity index (χ3n) is 5.19. The fraction of sp³-hybridized carbons (Fsp3) is 0. The number of nitrogens with zero attached hydrogens (tertiary/aromatic N) is 1. The molecule has 31 heavy (non-hydrogen) atoms. The van der Waals surface area contributed by atoms with Gasteiger partial charge in [0.15, 0.2) is 0 Å². The molecule has 1 heterocycles. The van der Waals surface area contributed by atoms with Gasteiger partial charge in [0.25, 0.3) is 5.91 Å². The van der Waals surface area contributed by atoms with E-state index < -0.39 is 11.5 Å². The van der Waals surface area contributed by atoms with Gasteiger partial charge < -0.3 is 9.52 Å². The van der Waals surface area contributed by atoms with E-state index in [0.29, 0.717) is 21.9 Å². The molecule has 4 aromatic carbocycles. The molecular weight excluding hydrogens is 392 g/mol. The van der Waals surface area contributed by atoms with E-state index >= 15 is 0 Å². The highest BCUT2D eigenvalue weighted by molar-refractivity contribution is 6.08. The van der Waals surface area contributed by atoms with E-state index in [-0.39, 0.29) is 11.3 Å². The van der Waals surface area contributed by atoms with E-state index in [1.807, 2.05) is 54.6 Å². The molecule has 150 valence electrons. The van der Waals surface area contributed by atoms with Gasteiger partial charge in [-0.2, -0.15) is 5.10 Å². The van der Waals surface area contributed by atoms with Gasteiger partial charge in [-0.25, -0.2) is 10.2 Å². The Balaban J connectivity index is 1.46. The predicted octanol–water partition coefficient (Wildman–Crippen LogP) is 4.57. The second-order valence-electron chi connectivity index (χ2n) is 7.07. The van der Waals surface area contributed by atoms with Crippen molar-refractivity contribution < 1.29 is 14.3 Å². The van der Waals surface area contributed by atoms with Gasteiger partial charge in [-0.05, 0) is 34.4 Å². The Kier molecular flexibility index (Phi) is 4.45. The van der Waals surface area contributed by atoms with Crippen LogP contribution in [0.3, 0.4) is 0 Å². The van der Waals surface area contributed by atoms with Crippen molar-refractivity contribution in [2.75, 3.05) is 0 Å². The van der Waals surface area contributed by atoms with Crippen molar-refractivity contribution in [3.63, 3.8) is 0 Å². The molecule has 0 fully saturated rings. The zero-order chi connectivity index (χ0) is 21.4. The minimum absolute atomic E-state index is 0.0628. The van der Waals surface area contributed by atoms with Gasteiger partial charge in [-0.1, -0.05) is 60.7 Å². The summed E-state index contributed by atoms with van der Waals surface area (Å²) < 4.78 is 5.35. The first-order chi connectivity index (χ1) is 15.1. The van der Waals surface area contributed by atoms with E-state index in [9.17, 15) is 14.7 Å². The third-order valence-corrected chi connectivity index (χ3v) is 5.19. The Morgan fingerprint density at radius 2 is 1.55 bits per heavy atom. The van der Waals surface area contributed by atoms with Gasteiger partial charge in [-0.15, -0.1) is 0 Å². The van der Waals surface area contributed by atoms with E-state index in [0.717, 1.165) is 16.2 Å². The lowest BCUT2D eigenvalue weighted by atomic mass is 10.0. The molecule has 0 aliphatic heterocycles. The molecule has 6 heteroatoms. The lowest BCUT2D eigenvalue weighted by molar-refractivity contribution is 0.0951. The fourth-order valence-corrected chi connectivity index (χ4v) is 3.63. The molecule has 1 aromatic heterocycles. The highest BCUT2D eigenvalue weighted by Crippen LogP contribution is 2.27. The number of aromatic hydroxyl groups is 1. The average molecular weight is 408 g/mol. The summed E-state index contributed by atoms with van der Waals surface area (Å²) in [5.41, 5.74) is 2.29. The Bertz CT molecular complexity index is 1570. The molecule has 1 amide bonds. The number of benzene rings is 4. The summed E-state index contributed by atoms with van der Waals surface area (Å²) in [4.78, 5) is 24.9. The number of fused-ring (bicyclic) bond motifs is 4. The Morgan fingerprint density at radius 1 is 0.871 bits per heavy atom. The first-order valence-electron chi connectivity index (χ1n) is 9.61. The third kappa shape index (κ3) is 3.30. The highest BCUT2D eigenvalue weighted by Gasteiger charge is 2.14. The van der Waals surface area contributed by atoms with Crippen molar-refractivity contribution in [2.45, 2.75) is 0 Å². The Morgan fingerprint density at radius 3 is 2.35 bits per heavy atom. The largest absolute Gasteiger partial charge is 0.507 e. The van der Waals surface area contributed by atoms with Crippen LogP contribution >= 0.6 is 0 Å². The molecule has 0 bridgehead atoms. The van der Waals surface area contributed by atoms with Crippen molar-refractivity contribution in [3.05, 3.63) is 100 Å². The first-order valence-corrected chi connectivity index (χ1v) is 9.61. The number of carbonyl (C=O) groups is 1. The molecule has 0 saturated carbocycles. The van der Waals surface area contributed by atoms with E-state index in [1.165, 1.54) is 12.3 Å². The van der Waals surface area contributed by atoms with Crippen molar-refractivity contribution >= 4 is 44.6 Å². The second-order valence-corrected chi connectivity index (χ2v) is 7.07. The van der Waals surface area contributed by atoms with Crippen LogP contribution in [-0.2, 0) is 0 Å². The molecule has 0 radical (unpaired) electrons. The molecule has 5 aromatic rings. The number of hydrogen-bond acceptors (Lipinski definition) is 5. The standard InChI is InChI=1S/C25H16N2O4/c28-23-17(10-9-16-6-2-4-8-19(16)23)14-26-27-24(29)21-13-20-18-7-3-1-5-15(18)11-12-22(20)31-25(21)30/h1-14,28H,(H,27,29)/b26-14+. The maximum Gasteiger partial charge on any atom is 0.349 e. The first kappa shape index (κ1) is 18.6. The molecule has 0 unspecified atom stereocenters. The number of phenolic OH excluding ortho intramolecular Hbond substituents is 1. The Hall–Kier alpha value is -4.45. The summed E-state index contributed by atoms with van der Waals surface area (Å²) in [5, 5.41) is 18.4. The quantitative estimate of drug-likeness (QED) is 0.198. The maximum absolute atomic E-state index is 12.6. The minimum Gasteiger partial charge on any atom is -0.507 e. The number of rotatable bonds is 3. The van der Waals surface area contributed by atoms with E-state index in [1.54, 1.807) is 18.2 Å². The summed E-state index contributed by atoms with van der Waals surface area (Å²) >= 11 is 0. The smallest absolute Gasteiger partial charge is 0.349 e. The van der Waals surface area contributed by atoms with Gasteiger partial charge in [-0.3, -0.25) is 4.79 Å². The normalized spacial score (nSPS) is 11.5. The van der Waals surface area contributed by atoms with Crippen LogP contribution in [0.5, 0.6) is 5.75 Å². The topological polar surface area (TPSA) is 91.9 Å². The van der Waals surface area contributed by atoms with Crippen molar-refractivity contribution in [1.29, 1.82) is 0 Å². The van der Waals surface area contributed by atoms with Gasteiger partial charge >= 0.3 is 5.63 Å². The summed E-state index contributed by atoms with van der Waals surface area (Å²) in [5.74, 6) is -0.632. The molecule has 0 aliphatic rings. The van der Waals surface area contributed by atoms with Gasteiger partial charge in [0.2, 0.25) is 0 Å². The van der Waals surface area contributed by atoms with Gasteiger partial charge in [0, 0.05) is 16.3 Å². The molecule has 6 nitrogen and oxygen atoms in total. The fourth-order valence-electron chi connectivity index (χ4n) is 3.63. The lowest BCUT2D eigenvalue weighted by Crippen LogP contribution is -2.24. The van der Waals surface area contributed by atoms with Gasteiger partial charge in [0.1, 0.15) is 16.9 Å². The Labute approximate surface area is 176 Å². The summed E-state index contributed by atoms with van der Waals surface area (Å²) in [6.07, 6.45) is 1.33. The highest BCUT2D eigenvalue weighted by atomic mass is 16.4. The second kappa shape index (κ2) is 7.42. The van der Waals surface area contributed by atoms with Crippen LogP contribution < -0.4 is 11.1 Å². The summed E-state index contributed by atoms with van der Waals surface area (Å²) in [6, 6.07) is 23.7. The predicted molar refractivity (Wildman–Crippen MR) is 121 cm³/mol. The van der Waals surface area contributed by atoms with Crippen LogP contribution in [-0.4, -0.2) is 17.2 Å². The zero-order valence-corrected chi connectivity index (χ0v) is 16.2. The number of hydrazone groups is 1. The zero-order valence-electron chi connectivity index (χ0n) is 16.2. The molecule has 2 N–H and O–H groups in total. The van der Waals surface area contributed by atoms with Gasteiger partial charge in [0.05, 0.1) is 6.21 Å². The van der Waals surface area contributed by atoms with Crippen molar-refractivity contribution in [3.8, 4) is 5.75 Å². The van der Waals surface area contributed by atoms with Crippen LogP contribution in [0.4, 0.5) is 0 Å². The molecule has 0 aliphatic carbocycles. The van der Waals surface area contributed by atoms with E-state index in [2.05, 4.69) is 10.5 Å². The van der Waals surface area contributed by atoms with Crippen LogP contribution in [0.15, 0.2) is 93.2 Å². The van der Waals surface area contributed by atoms with Crippen LogP contribution in [0, 0.1) is 0 Å². The molecule has 0 spiro atoms. The van der Waals surface area contributed by atoms with Crippen LogP contribution in [0.25, 0.3) is 32.5 Å². The average Bonchev–Trinajstić information content (AvgIpc) is 2.80. The molecule has 0 saturated heterocycles. The van der Waals surface area contributed by atoms with Crippen molar-refractivity contribution in [1.82, 2.24) is 5.43 Å². The number of nitrogens with one attached hydrogen (secondary N) is 1. The number of hydrogen-bond donors (Lipinski definition) is 2. The molecule has 5 rings (SSSR count). The van der Waals surface area contributed by atoms with Crippen molar-refractivity contribution in [2.24, 2.45) is 5.10 Å². The minimum atomic E-state index is -0.746. The SMILES string of the molecule is O=C(N/N=C/c1ccc2ccccc2c1O)c1cc2c(ccc3ccccc32)oc1=O. The summed E-state index contributed by atoms with van der Waals surface area (Å²) in [6.45, 7) is 0. The molecular formula is C25H16N2O4. The van der Waals surface area contributed by atoms with Crippen LogP contribution in [0.2, 0.25) is 0 Å². The van der Waals surface area contributed by atoms with E-state index in [4.69, 9.17) is 4.42 Å². The monoisotopic (exact) mass is 408 g/mol.